The van der Waals surface area contributed by atoms with Gasteiger partial charge in [-0.25, -0.2) is 0 Å². The highest BCUT2D eigenvalue weighted by molar-refractivity contribution is 6.04. The molecule has 10 nitrogen and oxygen atoms in total. The number of hydrogen-bond acceptors (Lipinski definition) is 6. The van der Waals surface area contributed by atoms with Crippen molar-refractivity contribution in [3.63, 3.8) is 0 Å². The molecule has 0 aliphatic heterocycles. The molecular weight excluding hydrogens is 380 g/mol. The summed E-state index contributed by atoms with van der Waals surface area (Å²) in [6.45, 7) is 3.27. The van der Waals surface area contributed by atoms with Crippen LogP contribution in [0.25, 0.3) is 0 Å². The average Bonchev–Trinajstić information content (AvgIpc) is 2.60. The van der Waals surface area contributed by atoms with Gasteiger partial charge in [0.25, 0.3) is 23.6 Å². The van der Waals surface area contributed by atoms with E-state index in [4.69, 9.17) is 22.9 Å². The molecule has 4 amide bonds. The highest BCUT2D eigenvalue weighted by Crippen LogP contribution is 2.38. The number of rotatable bonds is 6. The van der Waals surface area contributed by atoms with Crippen LogP contribution in [0.5, 0.6) is 11.5 Å². The summed E-state index contributed by atoms with van der Waals surface area (Å²) in [5.74, 6) is -5.31. The molecular formula is C19H20N4O6. The Morgan fingerprint density at radius 3 is 1.00 bits per heavy atom. The SMILES string of the molecule is CC(C)(c1cc(C(N)=O)c(O)c(C(N)=O)c1)c1cc(C(N)=O)c(O)c(C(N)=O)c1. The second-order valence-corrected chi connectivity index (χ2v) is 6.92. The number of amides is 4. The van der Waals surface area contributed by atoms with Crippen molar-refractivity contribution >= 4 is 23.6 Å². The number of nitrogens with two attached hydrogens (primary N) is 4. The molecule has 152 valence electrons. The standard InChI is InChI=1S/C19H20N4O6/c1-19(2,7-3-9(15(20)26)13(24)10(4-7)16(21)27)8-5-11(17(22)28)14(25)12(6-8)18(23)29/h3-6,24-25H,1-2H3,(H2,20,26)(H2,21,27)(H2,22,28)(H2,23,29). The van der Waals surface area contributed by atoms with E-state index >= 15 is 0 Å². The van der Waals surface area contributed by atoms with Gasteiger partial charge in [0.1, 0.15) is 11.5 Å². The number of carbonyl (C=O) groups is 4. The van der Waals surface area contributed by atoms with Crippen molar-refractivity contribution in [3.8, 4) is 11.5 Å². The van der Waals surface area contributed by atoms with E-state index in [0.717, 1.165) is 0 Å². The third-order valence-corrected chi connectivity index (χ3v) is 4.73. The summed E-state index contributed by atoms with van der Waals surface area (Å²) in [6, 6.07) is 5.02. The Bertz CT molecular complexity index is 921. The Morgan fingerprint density at radius 1 is 0.621 bits per heavy atom. The second kappa shape index (κ2) is 7.15. The second-order valence-electron chi connectivity index (χ2n) is 6.92. The van der Waals surface area contributed by atoms with E-state index in [1.807, 2.05) is 0 Å². The molecule has 0 radical (unpaired) electrons. The number of primary amides is 4. The van der Waals surface area contributed by atoms with Gasteiger partial charge in [0.2, 0.25) is 0 Å². The molecule has 0 aliphatic carbocycles. The first-order valence-electron chi connectivity index (χ1n) is 8.23. The van der Waals surface area contributed by atoms with Gasteiger partial charge in [0.05, 0.1) is 22.3 Å². The van der Waals surface area contributed by atoms with E-state index < -0.39 is 40.5 Å². The maximum absolute atomic E-state index is 11.7. The van der Waals surface area contributed by atoms with Crippen molar-refractivity contribution in [3.05, 3.63) is 57.6 Å². The fourth-order valence-electron chi connectivity index (χ4n) is 2.91. The first-order chi connectivity index (χ1) is 13.3. The van der Waals surface area contributed by atoms with Crippen LogP contribution in [-0.2, 0) is 5.41 Å². The van der Waals surface area contributed by atoms with Crippen molar-refractivity contribution in [2.24, 2.45) is 22.9 Å². The predicted octanol–water partition coefficient (Wildman–Crippen LogP) is -0.181. The minimum Gasteiger partial charge on any atom is -0.506 e. The largest absolute Gasteiger partial charge is 0.506 e. The van der Waals surface area contributed by atoms with Crippen LogP contribution in [0.2, 0.25) is 0 Å². The van der Waals surface area contributed by atoms with Crippen LogP contribution in [0.15, 0.2) is 24.3 Å². The minimum absolute atomic E-state index is 0.300. The van der Waals surface area contributed by atoms with Crippen molar-refractivity contribution in [2.75, 3.05) is 0 Å². The summed E-state index contributed by atoms with van der Waals surface area (Å²) in [5, 5.41) is 20.2. The topological polar surface area (TPSA) is 213 Å². The molecule has 2 rings (SSSR count). The average molecular weight is 400 g/mol. The normalized spacial score (nSPS) is 11.1. The van der Waals surface area contributed by atoms with Crippen LogP contribution in [0.1, 0.15) is 66.4 Å². The molecule has 0 aromatic heterocycles. The molecule has 0 saturated carbocycles. The molecule has 0 fully saturated rings. The molecule has 0 heterocycles. The van der Waals surface area contributed by atoms with Crippen LogP contribution >= 0.6 is 0 Å². The van der Waals surface area contributed by atoms with E-state index in [2.05, 4.69) is 0 Å². The molecule has 0 atom stereocenters. The molecule has 29 heavy (non-hydrogen) atoms. The van der Waals surface area contributed by atoms with Crippen LogP contribution < -0.4 is 22.9 Å². The Hall–Kier alpha value is -4.08. The summed E-state index contributed by atoms with van der Waals surface area (Å²) < 4.78 is 0. The summed E-state index contributed by atoms with van der Waals surface area (Å²) >= 11 is 0. The lowest BCUT2D eigenvalue weighted by Gasteiger charge is -2.28. The monoisotopic (exact) mass is 400 g/mol. The molecule has 10 heteroatoms. The Morgan fingerprint density at radius 2 is 0.828 bits per heavy atom. The molecule has 0 bridgehead atoms. The third-order valence-electron chi connectivity index (χ3n) is 4.73. The van der Waals surface area contributed by atoms with Gasteiger partial charge in [-0.1, -0.05) is 13.8 Å². The summed E-state index contributed by atoms with van der Waals surface area (Å²) in [7, 11) is 0. The van der Waals surface area contributed by atoms with Gasteiger partial charge in [-0.15, -0.1) is 0 Å². The van der Waals surface area contributed by atoms with Gasteiger partial charge in [-0.3, -0.25) is 19.2 Å². The zero-order valence-electron chi connectivity index (χ0n) is 15.6. The van der Waals surface area contributed by atoms with Gasteiger partial charge in [0, 0.05) is 5.41 Å². The zero-order chi connectivity index (χ0) is 22.3. The van der Waals surface area contributed by atoms with E-state index in [0.29, 0.717) is 11.1 Å². The fourth-order valence-corrected chi connectivity index (χ4v) is 2.91. The molecule has 2 aromatic rings. The predicted molar refractivity (Wildman–Crippen MR) is 102 cm³/mol. The number of phenols is 2. The van der Waals surface area contributed by atoms with Gasteiger partial charge in [-0.2, -0.15) is 0 Å². The molecule has 0 saturated heterocycles. The van der Waals surface area contributed by atoms with E-state index in [1.54, 1.807) is 13.8 Å². The van der Waals surface area contributed by atoms with Crippen molar-refractivity contribution in [1.82, 2.24) is 0 Å². The maximum atomic E-state index is 11.7. The number of carbonyl (C=O) groups excluding carboxylic acids is 4. The van der Waals surface area contributed by atoms with Gasteiger partial charge < -0.3 is 33.1 Å². The Balaban J connectivity index is 2.85. The lowest BCUT2D eigenvalue weighted by atomic mass is 9.75. The maximum Gasteiger partial charge on any atom is 0.252 e. The van der Waals surface area contributed by atoms with Crippen molar-refractivity contribution in [2.45, 2.75) is 19.3 Å². The van der Waals surface area contributed by atoms with Crippen LogP contribution in [0.3, 0.4) is 0 Å². The number of aromatic hydroxyl groups is 2. The van der Waals surface area contributed by atoms with Crippen LogP contribution in [-0.4, -0.2) is 33.8 Å². The zero-order valence-corrected chi connectivity index (χ0v) is 15.6. The van der Waals surface area contributed by atoms with Gasteiger partial charge in [-0.05, 0) is 35.4 Å². The lowest BCUT2D eigenvalue weighted by Crippen LogP contribution is -2.25. The van der Waals surface area contributed by atoms with E-state index in [9.17, 15) is 29.4 Å². The molecule has 2 aromatic carbocycles. The van der Waals surface area contributed by atoms with E-state index in [-0.39, 0.29) is 22.3 Å². The van der Waals surface area contributed by atoms with Gasteiger partial charge in [0.15, 0.2) is 0 Å². The summed E-state index contributed by atoms with van der Waals surface area (Å²) in [5.41, 5.74) is 19.3. The van der Waals surface area contributed by atoms with Gasteiger partial charge >= 0.3 is 0 Å². The first-order valence-corrected chi connectivity index (χ1v) is 8.23. The molecule has 0 spiro atoms. The number of benzene rings is 2. The highest BCUT2D eigenvalue weighted by atomic mass is 16.3. The smallest absolute Gasteiger partial charge is 0.252 e. The van der Waals surface area contributed by atoms with Crippen LogP contribution in [0.4, 0.5) is 0 Å². The van der Waals surface area contributed by atoms with Crippen molar-refractivity contribution < 1.29 is 29.4 Å². The first kappa shape index (κ1) is 21.2. The Labute approximate surface area is 165 Å². The fraction of sp³-hybridized carbons (Fsp3) is 0.158. The van der Waals surface area contributed by atoms with Crippen LogP contribution in [0, 0.1) is 0 Å². The van der Waals surface area contributed by atoms with E-state index in [1.165, 1.54) is 24.3 Å². The number of hydrogen-bond donors (Lipinski definition) is 6. The minimum atomic E-state index is -1.08. The Kier molecular flexibility index (Phi) is 5.23. The summed E-state index contributed by atoms with van der Waals surface area (Å²) in [4.78, 5) is 46.8. The molecule has 0 unspecified atom stereocenters. The van der Waals surface area contributed by atoms with Crippen molar-refractivity contribution in [1.29, 1.82) is 0 Å². The third kappa shape index (κ3) is 3.68. The summed E-state index contributed by atoms with van der Waals surface area (Å²) in [6.07, 6.45) is 0. The molecule has 10 N–H and O–H groups in total. The lowest BCUT2D eigenvalue weighted by molar-refractivity contribution is 0.0979. The highest BCUT2D eigenvalue weighted by Gasteiger charge is 2.30. The molecule has 0 aliphatic rings. The quantitative estimate of drug-likeness (QED) is 0.386.